The first-order chi connectivity index (χ1) is 11.6. The van der Waals surface area contributed by atoms with E-state index in [9.17, 15) is 4.39 Å². The Bertz CT molecular complexity index is 680. The standard InChI is InChI=1S/C18H22FN3O2.HI/c1-3-14(24-17-7-5-4-6-16(17)19)12-21-18(20)22-13-8-10-15(23-2)11-9-13;/h4-11,14H,3,12H2,1-2H3,(H3,20,21,22);1H. The highest BCUT2D eigenvalue weighted by atomic mass is 127. The Labute approximate surface area is 164 Å². The molecule has 3 N–H and O–H groups in total. The molecule has 1 unspecified atom stereocenters. The first-order valence-electron chi connectivity index (χ1n) is 7.74. The molecule has 0 aliphatic heterocycles. The van der Waals surface area contributed by atoms with Crippen LogP contribution in [-0.4, -0.2) is 25.7 Å². The van der Waals surface area contributed by atoms with Crippen molar-refractivity contribution < 1.29 is 13.9 Å². The Balaban J connectivity index is 0.00000312. The highest BCUT2D eigenvalue weighted by molar-refractivity contribution is 14.0. The van der Waals surface area contributed by atoms with Crippen LogP contribution in [0.4, 0.5) is 10.1 Å². The normalized spacial score (nSPS) is 12.0. The summed E-state index contributed by atoms with van der Waals surface area (Å²) in [5, 5.41) is 2.99. The number of nitrogens with zero attached hydrogens (tertiary/aromatic N) is 1. The average molecular weight is 459 g/mol. The topological polar surface area (TPSA) is 68.9 Å². The summed E-state index contributed by atoms with van der Waals surface area (Å²) < 4.78 is 24.4. The largest absolute Gasteiger partial charge is 0.497 e. The molecule has 0 spiro atoms. The van der Waals surface area contributed by atoms with Crippen molar-refractivity contribution >= 4 is 35.6 Å². The van der Waals surface area contributed by atoms with E-state index >= 15 is 0 Å². The molecule has 0 heterocycles. The van der Waals surface area contributed by atoms with Crippen LogP contribution in [-0.2, 0) is 0 Å². The molecule has 7 heteroatoms. The number of benzene rings is 2. The molecule has 1 atom stereocenters. The van der Waals surface area contributed by atoms with Gasteiger partial charge in [-0.3, -0.25) is 0 Å². The highest BCUT2D eigenvalue weighted by Gasteiger charge is 2.10. The molecule has 25 heavy (non-hydrogen) atoms. The van der Waals surface area contributed by atoms with Gasteiger partial charge in [0.25, 0.3) is 0 Å². The minimum absolute atomic E-state index is 0. The van der Waals surface area contributed by atoms with Gasteiger partial charge in [0.15, 0.2) is 17.5 Å². The summed E-state index contributed by atoms with van der Waals surface area (Å²) in [6.45, 7) is 2.29. The first kappa shape index (κ1) is 21.0. The first-order valence-corrected chi connectivity index (χ1v) is 7.74. The van der Waals surface area contributed by atoms with Gasteiger partial charge < -0.3 is 20.5 Å². The molecule has 2 aromatic carbocycles. The van der Waals surface area contributed by atoms with Gasteiger partial charge >= 0.3 is 0 Å². The van der Waals surface area contributed by atoms with Crippen LogP contribution in [0.15, 0.2) is 53.5 Å². The number of methoxy groups -OCH3 is 1. The Kier molecular flexibility index (Phi) is 9.04. The van der Waals surface area contributed by atoms with Gasteiger partial charge in [0.1, 0.15) is 11.9 Å². The fraction of sp³-hybridized carbons (Fsp3) is 0.278. The molecule has 0 aromatic heterocycles. The van der Waals surface area contributed by atoms with Crippen molar-refractivity contribution in [2.75, 3.05) is 19.0 Å². The number of nitrogens with one attached hydrogen (secondary N) is 1. The number of anilines is 1. The Morgan fingerprint density at radius 1 is 1.20 bits per heavy atom. The maximum atomic E-state index is 13.6. The number of halogens is 2. The van der Waals surface area contributed by atoms with Crippen LogP contribution in [0.5, 0.6) is 11.5 Å². The molecule has 2 aromatic rings. The third-order valence-electron chi connectivity index (χ3n) is 3.41. The number of guanidine groups is 1. The lowest BCUT2D eigenvalue weighted by Crippen LogP contribution is -2.26. The maximum absolute atomic E-state index is 13.6. The molecule has 0 fully saturated rings. The summed E-state index contributed by atoms with van der Waals surface area (Å²) in [4.78, 5) is 4.26. The summed E-state index contributed by atoms with van der Waals surface area (Å²) >= 11 is 0. The van der Waals surface area contributed by atoms with E-state index in [1.54, 1.807) is 25.3 Å². The van der Waals surface area contributed by atoms with E-state index in [1.807, 2.05) is 31.2 Å². The van der Waals surface area contributed by atoms with Gasteiger partial charge in [-0.2, -0.15) is 0 Å². The molecule has 0 amide bonds. The molecule has 0 aliphatic carbocycles. The SMILES string of the molecule is CCC(CN=C(N)Nc1ccc(OC)cc1)Oc1ccccc1F.I. The lowest BCUT2D eigenvalue weighted by molar-refractivity contribution is 0.197. The van der Waals surface area contributed by atoms with Gasteiger partial charge in [0.2, 0.25) is 0 Å². The molecule has 0 bridgehead atoms. The lowest BCUT2D eigenvalue weighted by atomic mass is 10.2. The molecule has 136 valence electrons. The summed E-state index contributed by atoms with van der Waals surface area (Å²) in [7, 11) is 1.61. The van der Waals surface area contributed by atoms with Crippen LogP contribution in [0, 0.1) is 5.82 Å². The molecule has 5 nitrogen and oxygen atoms in total. The Hall–Kier alpha value is -2.03. The summed E-state index contributed by atoms with van der Waals surface area (Å²) in [5.74, 6) is 0.877. The second kappa shape index (κ2) is 10.8. The molecular weight excluding hydrogens is 436 g/mol. The van der Waals surface area contributed by atoms with Gasteiger partial charge in [-0.1, -0.05) is 19.1 Å². The lowest BCUT2D eigenvalue weighted by Gasteiger charge is -2.16. The van der Waals surface area contributed by atoms with Crippen molar-refractivity contribution in [2.24, 2.45) is 10.7 Å². The van der Waals surface area contributed by atoms with E-state index in [0.29, 0.717) is 13.0 Å². The zero-order chi connectivity index (χ0) is 17.4. The summed E-state index contributed by atoms with van der Waals surface area (Å²) in [5.41, 5.74) is 6.69. The predicted molar refractivity (Wildman–Crippen MR) is 110 cm³/mol. The molecule has 0 saturated heterocycles. The van der Waals surface area contributed by atoms with Gasteiger partial charge in [0, 0.05) is 5.69 Å². The number of hydrogen-bond acceptors (Lipinski definition) is 3. The zero-order valence-corrected chi connectivity index (χ0v) is 16.6. The quantitative estimate of drug-likeness (QED) is 0.373. The third kappa shape index (κ3) is 6.77. The maximum Gasteiger partial charge on any atom is 0.193 e. The number of hydrogen-bond donors (Lipinski definition) is 2. The van der Waals surface area contributed by atoms with Crippen LogP contribution in [0.1, 0.15) is 13.3 Å². The predicted octanol–water partition coefficient (Wildman–Crippen LogP) is 4.04. The minimum Gasteiger partial charge on any atom is -0.497 e. The van der Waals surface area contributed by atoms with Crippen LogP contribution >= 0.6 is 24.0 Å². The van der Waals surface area contributed by atoms with Crippen molar-refractivity contribution in [3.05, 3.63) is 54.3 Å². The summed E-state index contributed by atoms with van der Waals surface area (Å²) in [6.07, 6.45) is 0.436. The van der Waals surface area contributed by atoms with Gasteiger partial charge in [-0.05, 0) is 42.8 Å². The molecule has 0 aliphatic rings. The fourth-order valence-corrected chi connectivity index (χ4v) is 2.03. The monoisotopic (exact) mass is 459 g/mol. The van der Waals surface area contributed by atoms with E-state index in [2.05, 4.69) is 10.3 Å². The number of nitrogens with two attached hydrogens (primary N) is 1. The van der Waals surface area contributed by atoms with Gasteiger partial charge in [0.05, 0.1) is 13.7 Å². The number of para-hydroxylation sites is 1. The third-order valence-corrected chi connectivity index (χ3v) is 3.41. The van der Waals surface area contributed by atoms with Crippen molar-refractivity contribution in [3.8, 4) is 11.5 Å². The number of aliphatic imine (C=N–C) groups is 1. The van der Waals surface area contributed by atoms with E-state index in [1.165, 1.54) is 6.07 Å². The Morgan fingerprint density at radius 3 is 2.48 bits per heavy atom. The van der Waals surface area contributed by atoms with Gasteiger partial charge in [-0.25, -0.2) is 9.38 Å². The van der Waals surface area contributed by atoms with Crippen molar-refractivity contribution in [2.45, 2.75) is 19.4 Å². The summed E-state index contributed by atoms with van der Waals surface area (Å²) in [6, 6.07) is 13.7. The van der Waals surface area contributed by atoms with Crippen LogP contribution in [0.25, 0.3) is 0 Å². The molecule has 2 rings (SSSR count). The average Bonchev–Trinajstić information content (AvgIpc) is 2.60. The molecular formula is C18H23FIN3O2. The fourth-order valence-electron chi connectivity index (χ4n) is 2.03. The van der Waals surface area contributed by atoms with Crippen molar-refractivity contribution in [3.63, 3.8) is 0 Å². The highest BCUT2D eigenvalue weighted by Crippen LogP contribution is 2.18. The van der Waals surface area contributed by atoms with Crippen LogP contribution in [0.2, 0.25) is 0 Å². The Morgan fingerprint density at radius 2 is 1.88 bits per heavy atom. The second-order valence-electron chi connectivity index (χ2n) is 5.16. The van der Waals surface area contributed by atoms with E-state index in [-0.39, 0.29) is 47.6 Å². The van der Waals surface area contributed by atoms with Crippen molar-refractivity contribution in [1.82, 2.24) is 0 Å². The van der Waals surface area contributed by atoms with E-state index in [0.717, 1.165) is 11.4 Å². The smallest absolute Gasteiger partial charge is 0.193 e. The zero-order valence-electron chi connectivity index (χ0n) is 14.2. The number of ether oxygens (including phenoxy) is 2. The van der Waals surface area contributed by atoms with Crippen LogP contribution in [0.3, 0.4) is 0 Å². The van der Waals surface area contributed by atoms with Crippen molar-refractivity contribution in [1.29, 1.82) is 0 Å². The van der Waals surface area contributed by atoms with Crippen LogP contribution < -0.4 is 20.5 Å². The molecule has 0 radical (unpaired) electrons. The number of rotatable bonds is 7. The molecule has 0 saturated carbocycles. The van der Waals surface area contributed by atoms with Gasteiger partial charge in [-0.15, -0.1) is 24.0 Å². The van der Waals surface area contributed by atoms with E-state index < -0.39 is 0 Å². The minimum atomic E-state index is -0.385. The van der Waals surface area contributed by atoms with E-state index in [4.69, 9.17) is 15.2 Å². The second-order valence-corrected chi connectivity index (χ2v) is 5.16.